The number of carbonyl (C=O) groups is 3. The Hall–Kier alpha value is -6.74. The van der Waals surface area contributed by atoms with Gasteiger partial charge in [-0.3, -0.25) is 25.2 Å². The van der Waals surface area contributed by atoms with E-state index in [9.17, 15) is 9.59 Å². The van der Waals surface area contributed by atoms with Crippen LogP contribution in [0.25, 0.3) is 22.1 Å². The summed E-state index contributed by atoms with van der Waals surface area (Å²) in [5.41, 5.74) is 14.4. The van der Waals surface area contributed by atoms with E-state index in [4.69, 9.17) is 51.2 Å². The number of ketones is 1. The number of nitrogen functional groups attached to an aromatic ring is 2. The molecule has 15 nitrogen and oxygen atoms in total. The van der Waals surface area contributed by atoms with Gasteiger partial charge in [-0.1, -0.05) is 74.2 Å². The number of Topliss-reactive ketones (excluding diaryl/α,β-unsaturated/α-hetero) is 1. The number of nitrogens with zero attached hydrogens (tertiary/aromatic N) is 2. The third-order valence-electron chi connectivity index (χ3n) is 13.5. The van der Waals surface area contributed by atoms with Crippen LogP contribution in [-0.4, -0.2) is 62.5 Å². The Balaban J connectivity index is 0.00000666. The number of para-hydroxylation sites is 2. The molecule has 2 aliphatic rings. The van der Waals surface area contributed by atoms with Crippen molar-refractivity contribution in [3.63, 3.8) is 0 Å². The first-order valence-corrected chi connectivity index (χ1v) is 22.9. The van der Waals surface area contributed by atoms with Gasteiger partial charge < -0.3 is 40.4 Å². The highest BCUT2D eigenvalue weighted by Gasteiger charge is 2.60. The number of halogens is 1. The van der Waals surface area contributed by atoms with Crippen LogP contribution in [0.5, 0.6) is 11.5 Å². The van der Waals surface area contributed by atoms with E-state index < -0.39 is 34.6 Å². The molecular formula is C51H59ClN8O7. The smallest absolute Gasteiger partial charge is 0.306 e. The van der Waals surface area contributed by atoms with Crippen molar-refractivity contribution in [3.8, 4) is 11.5 Å². The molecule has 2 aliphatic carbocycles. The number of imidazole rings is 2. The fourth-order valence-electron chi connectivity index (χ4n) is 10.9. The summed E-state index contributed by atoms with van der Waals surface area (Å²) in [6, 6.07) is 26.3. The molecular weight excluding hydrogens is 872 g/mol. The fraction of sp³-hybridized carbons (Fsp3) is 0.392. The van der Waals surface area contributed by atoms with E-state index in [1.165, 1.54) is 0 Å². The number of fused-ring (bicyclic) bond motifs is 2. The molecule has 0 bridgehead atoms. The van der Waals surface area contributed by atoms with Crippen molar-refractivity contribution in [3.05, 3.63) is 119 Å². The Morgan fingerprint density at radius 2 is 1.03 bits per heavy atom. The van der Waals surface area contributed by atoms with Crippen LogP contribution in [-0.2, 0) is 37.1 Å². The SMILES string of the molecule is CCOC(=O)CC1(C(=O)C2(CC(=O)OCC)CCCCC2c2ccc3[nH]c(COc4ccccc4)nc3c2C(=N)N)CCCCC1c1ccc2[nH]c(COc3ccccc3)nc2c1C(=N)N.Cl. The monoisotopic (exact) mass is 930 g/mol. The van der Waals surface area contributed by atoms with Crippen molar-refractivity contribution in [2.24, 2.45) is 22.3 Å². The van der Waals surface area contributed by atoms with Crippen molar-refractivity contribution < 1.29 is 33.3 Å². The van der Waals surface area contributed by atoms with Crippen LogP contribution < -0.4 is 20.9 Å². The standard InChI is InChI=1S/C51H58N8O7.ClH/c1-3-63-41(60)27-50(25-13-11-19-35(50)33-21-23-37-45(43(33)47(52)53)58-39(56-37)29-65-31-15-7-5-8-16-31)49(62)51(28-42(61)64-4-2)26-14-12-20-36(51)34-22-24-38-46(44(34)48(54)55)59-40(57-38)30-66-32-17-9-6-10-18-32;/h5-10,15-18,21-24,35-36H,3-4,11-14,19-20,25-30H2,1-2H3,(H3,52,53)(H3,54,55)(H,56,58)(H,57,59);1H. The van der Waals surface area contributed by atoms with E-state index in [0.717, 1.165) is 12.8 Å². The fourth-order valence-corrected chi connectivity index (χ4v) is 10.9. The van der Waals surface area contributed by atoms with Crippen LogP contribution in [0.2, 0.25) is 0 Å². The summed E-state index contributed by atoms with van der Waals surface area (Å²) in [6.07, 6.45) is 3.88. The van der Waals surface area contributed by atoms with Crippen LogP contribution in [0.4, 0.5) is 0 Å². The molecule has 4 aromatic carbocycles. The highest BCUT2D eigenvalue weighted by Crippen LogP contribution is 2.61. The number of hydrogen-bond donors (Lipinski definition) is 6. The maximum Gasteiger partial charge on any atom is 0.306 e. The number of H-pyrrole nitrogens is 2. The lowest BCUT2D eigenvalue weighted by atomic mass is 9.49. The minimum absolute atomic E-state index is 0. The third kappa shape index (κ3) is 9.74. The Bertz CT molecular complexity index is 2570. The van der Waals surface area contributed by atoms with Crippen molar-refractivity contribution >= 4 is 63.9 Å². The van der Waals surface area contributed by atoms with Crippen LogP contribution >= 0.6 is 12.4 Å². The van der Waals surface area contributed by atoms with E-state index in [2.05, 4.69) is 9.97 Å². The Morgan fingerprint density at radius 3 is 1.40 bits per heavy atom. The quantitative estimate of drug-likeness (QED) is 0.0270. The molecule has 2 saturated carbocycles. The molecule has 0 spiro atoms. The van der Waals surface area contributed by atoms with Gasteiger partial charge in [-0.15, -0.1) is 12.4 Å². The first-order chi connectivity index (χ1) is 32.0. The molecule has 8 N–H and O–H groups in total. The minimum Gasteiger partial charge on any atom is -0.486 e. The van der Waals surface area contributed by atoms with Crippen molar-refractivity contribution in [1.29, 1.82) is 10.8 Å². The zero-order chi connectivity index (χ0) is 46.4. The molecule has 0 radical (unpaired) electrons. The maximum atomic E-state index is 16.7. The topological polar surface area (TPSA) is 245 Å². The van der Waals surface area contributed by atoms with E-state index in [1.807, 2.05) is 84.9 Å². The van der Waals surface area contributed by atoms with Crippen LogP contribution in [0.15, 0.2) is 84.9 Å². The van der Waals surface area contributed by atoms with Crippen molar-refractivity contribution in [1.82, 2.24) is 19.9 Å². The van der Waals surface area contributed by atoms with Gasteiger partial charge in [0.25, 0.3) is 0 Å². The van der Waals surface area contributed by atoms with E-state index in [1.54, 1.807) is 13.8 Å². The zero-order valence-corrected chi connectivity index (χ0v) is 38.8. The second kappa shape index (κ2) is 20.8. The van der Waals surface area contributed by atoms with Gasteiger partial charge in [0.15, 0.2) is 0 Å². The largest absolute Gasteiger partial charge is 0.486 e. The van der Waals surface area contributed by atoms with Crippen LogP contribution in [0, 0.1) is 21.6 Å². The number of amidine groups is 2. The second-order valence-electron chi connectivity index (χ2n) is 17.5. The number of hydrogen-bond acceptors (Lipinski definition) is 11. The molecule has 2 fully saturated rings. The average Bonchev–Trinajstić information content (AvgIpc) is 3.94. The van der Waals surface area contributed by atoms with Gasteiger partial charge in [-0.2, -0.15) is 0 Å². The lowest BCUT2D eigenvalue weighted by Crippen LogP contribution is -2.54. The van der Waals surface area contributed by atoms with Crippen LogP contribution in [0.3, 0.4) is 0 Å². The summed E-state index contributed by atoms with van der Waals surface area (Å²) in [5, 5.41) is 18.0. The van der Waals surface area contributed by atoms with Crippen LogP contribution in [0.1, 0.15) is 124 Å². The van der Waals surface area contributed by atoms with Gasteiger partial charge in [-0.25, -0.2) is 9.97 Å². The molecule has 67 heavy (non-hydrogen) atoms. The Morgan fingerprint density at radius 1 is 0.627 bits per heavy atom. The maximum absolute atomic E-state index is 16.7. The summed E-state index contributed by atoms with van der Waals surface area (Å²) in [5.74, 6) is -0.628. The number of aromatic nitrogens is 4. The summed E-state index contributed by atoms with van der Waals surface area (Å²) in [7, 11) is 0. The molecule has 6 aromatic rings. The van der Waals surface area contributed by atoms with Gasteiger partial charge in [0, 0.05) is 22.0 Å². The summed E-state index contributed by atoms with van der Waals surface area (Å²) >= 11 is 0. The van der Waals surface area contributed by atoms with Gasteiger partial charge in [-0.05, 0) is 98.9 Å². The molecule has 4 unspecified atom stereocenters. The number of benzene rings is 4. The van der Waals surface area contributed by atoms with Gasteiger partial charge in [0.1, 0.15) is 53.8 Å². The predicted octanol–water partition coefficient (Wildman–Crippen LogP) is 9.05. The highest BCUT2D eigenvalue weighted by atomic mass is 35.5. The minimum atomic E-state index is -1.41. The number of esters is 2. The first-order valence-electron chi connectivity index (χ1n) is 22.9. The van der Waals surface area contributed by atoms with E-state index in [-0.39, 0.29) is 69.1 Å². The highest BCUT2D eigenvalue weighted by molar-refractivity contribution is 6.09. The van der Waals surface area contributed by atoms with Gasteiger partial charge in [0.05, 0.1) is 48.1 Å². The first kappa shape index (κ1) is 48.2. The van der Waals surface area contributed by atoms with Crippen molar-refractivity contribution in [2.45, 2.75) is 103 Å². The molecule has 4 atom stereocenters. The van der Waals surface area contributed by atoms with E-state index in [0.29, 0.717) is 106 Å². The zero-order valence-electron chi connectivity index (χ0n) is 38.0. The number of nitrogens with two attached hydrogens (primary N) is 2. The molecule has 352 valence electrons. The Kier molecular flexibility index (Phi) is 15.0. The molecule has 16 heteroatoms. The third-order valence-corrected chi connectivity index (χ3v) is 13.5. The second-order valence-corrected chi connectivity index (χ2v) is 17.5. The molecule has 0 aliphatic heterocycles. The number of rotatable bonds is 18. The number of nitrogens with one attached hydrogen (secondary N) is 4. The van der Waals surface area contributed by atoms with Gasteiger partial charge >= 0.3 is 11.9 Å². The molecule has 0 saturated heterocycles. The van der Waals surface area contributed by atoms with Gasteiger partial charge in [0.2, 0.25) is 0 Å². The molecule has 2 heterocycles. The number of carbonyl (C=O) groups excluding carboxylic acids is 3. The lowest BCUT2D eigenvalue weighted by Gasteiger charge is -2.52. The summed E-state index contributed by atoms with van der Waals surface area (Å²) in [6.45, 7) is 3.95. The average molecular weight is 932 g/mol. The summed E-state index contributed by atoms with van der Waals surface area (Å²) in [4.78, 5) is 61.3. The molecule has 2 aromatic heterocycles. The van der Waals surface area contributed by atoms with E-state index >= 15 is 4.79 Å². The normalized spacial score (nSPS) is 20.4. The summed E-state index contributed by atoms with van der Waals surface area (Å²) < 4.78 is 23.4. The Labute approximate surface area is 395 Å². The lowest BCUT2D eigenvalue weighted by molar-refractivity contribution is -0.162. The molecule has 0 amide bonds. The number of aromatic amines is 2. The number of ether oxygens (including phenoxy) is 4. The predicted molar refractivity (Wildman–Crippen MR) is 258 cm³/mol. The van der Waals surface area contributed by atoms with Crippen molar-refractivity contribution in [2.75, 3.05) is 13.2 Å². The molecule has 8 rings (SSSR count).